The second kappa shape index (κ2) is 4.45. The van der Waals surface area contributed by atoms with Crippen LogP contribution in [-0.2, 0) is 14.3 Å². The van der Waals surface area contributed by atoms with Gasteiger partial charge in [0.15, 0.2) is 11.5 Å². The van der Waals surface area contributed by atoms with Crippen LogP contribution in [0.5, 0.6) is 0 Å². The number of carbonyl (C=O) groups is 2. The second-order valence-corrected chi connectivity index (χ2v) is 3.80. The van der Waals surface area contributed by atoms with Gasteiger partial charge in [-0.1, -0.05) is 0 Å². The van der Waals surface area contributed by atoms with Gasteiger partial charge in [-0.25, -0.2) is 0 Å². The van der Waals surface area contributed by atoms with Crippen molar-refractivity contribution in [3.63, 3.8) is 0 Å². The van der Waals surface area contributed by atoms with Gasteiger partial charge in [0, 0.05) is 0 Å². The summed E-state index contributed by atoms with van der Waals surface area (Å²) in [6.45, 7) is 4.92. The molecule has 1 amide bonds. The number of nitriles is 1. The van der Waals surface area contributed by atoms with E-state index in [9.17, 15) is 9.59 Å². The van der Waals surface area contributed by atoms with Crippen LogP contribution in [0.4, 0.5) is 0 Å². The number of Topliss-reactive ketones (excluding diaryl/α,β-unsaturated/α-hetero) is 1. The van der Waals surface area contributed by atoms with Gasteiger partial charge in [0.2, 0.25) is 0 Å². The quantitative estimate of drug-likeness (QED) is 0.560. The minimum absolute atomic E-state index is 0.152. The molecule has 0 aromatic carbocycles. The maximum absolute atomic E-state index is 11.5. The van der Waals surface area contributed by atoms with E-state index in [2.05, 4.69) is 5.32 Å². The van der Waals surface area contributed by atoms with Crippen molar-refractivity contribution in [1.29, 1.82) is 5.26 Å². The molecule has 5 nitrogen and oxygen atoms in total. The molecule has 0 bridgehead atoms. The van der Waals surface area contributed by atoms with Crippen molar-refractivity contribution in [3.05, 3.63) is 11.1 Å². The van der Waals surface area contributed by atoms with Crippen LogP contribution in [-0.4, -0.2) is 24.0 Å². The standard InChI is InChI=1S/C11H14N2O3/c1-7-9(8(2)14)10(15)13-11(7,3)16-6-4-5-12/h4,6H2,1-3H3,(H,13,15). The molecule has 0 saturated heterocycles. The number of carbonyl (C=O) groups excluding carboxylic acids is 2. The Morgan fingerprint density at radius 2 is 2.25 bits per heavy atom. The van der Waals surface area contributed by atoms with Crippen LogP contribution in [0, 0.1) is 11.3 Å². The Kier molecular flexibility index (Phi) is 3.45. The van der Waals surface area contributed by atoms with Crippen LogP contribution in [0.3, 0.4) is 0 Å². The molecule has 1 aliphatic rings. The molecule has 0 aromatic rings. The highest BCUT2D eigenvalue weighted by Crippen LogP contribution is 2.28. The topological polar surface area (TPSA) is 79.2 Å². The predicted molar refractivity (Wildman–Crippen MR) is 56.1 cm³/mol. The molecule has 1 aliphatic heterocycles. The van der Waals surface area contributed by atoms with Crippen molar-refractivity contribution in [2.75, 3.05) is 6.61 Å². The van der Waals surface area contributed by atoms with Crippen LogP contribution < -0.4 is 5.32 Å². The van der Waals surface area contributed by atoms with Gasteiger partial charge in [-0.3, -0.25) is 9.59 Å². The van der Waals surface area contributed by atoms with E-state index >= 15 is 0 Å². The maximum Gasteiger partial charge on any atom is 0.257 e. The van der Waals surface area contributed by atoms with Crippen LogP contribution >= 0.6 is 0 Å². The summed E-state index contributed by atoms with van der Waals surface area (Å²) in [5.41, 5.74) is -0.239. The van der Waals surface area contributed by atoms with Gasteiger partial charge in [0.25, 0.3) is 5.91 Å². The maximum atomic E-state index is 11.5. The number of ketones is 1. The van der Waals surface area contributed by atoms with E-state index in [-0.39, 0.29) is 24.4 Å². The molecule has 0 radical (unpaired) electrons. The third-order valence-electron chi connectivity index (χ3n) is 2.63. The van der Waals surface area contributed by atoms with Gasteiger partial charge in [-0.2, -0.15) is 5.26 Å². The minimum Gasteiger partial charge on any atom is -0.351 e. The third-order valence-corrected chi connectivity index (χ3v) is 2.63. The van der Waals surface area contributed by atoms with Crippen molar-refractivity contribution in [1.82, 2.24) is 5.32 Å². The highest BCUT2D eigenvalue weighted by atomic mass is 16.5. The summed E-state index contributed by atoms with van der Waals surface area (Å²) in [6, 6.07) is 1.95. The van der Waals surface area contributed by atoms with Crippen molar-refractivity contribution < 1.29 is 14.3 Å². The smallest absolute Gasteiger partial charge is 0.257 e. The molecule has 0 aliphatic carbocycles. The van der Waals surface area contributed by atoms with E-state index in [1.807, 2.05) is 6.07 Å². The van der Waals surface area contributed by atoms with Gasteiger partial charge in [0.1, 0.15) is 0 Å². The molecule has 0 spiro atoms. The van der Waals surface area contributed by atoms with Crippen LogP contribution in [0.2, 0.25) is 0 Å². The number of ether oxygens (including phenoxy) is 1. The molecule has 5 heteroatoms. The Bertz CT molecular complexity index is 406. The molecular formula is C11H14N2O3. The molecule has 1 N–H and O–H groups in total. The number of nitrogens with one attached hydrogen (secondary N) is 1. The Labute approximate surface area is 94.1 Å². The number of hydrogen-bond acceptors (Lipinski definition) is 4. The summed E-state index contributed by atoms with van der Waals surface area (Å²) in [6.07, 6.45) is 0.244. The fourth-order valence-electron chi connectivity index (χ4n) is 1.65. The van der Waals surface area contributed by atoms with Crippen molar-refractivity contribution in [3.8, 4) is 6.07 Å². The number of hydrogen-bond donors (Lipinski definition) is 1. The molecule has 0 aromatic heterocycles. The summed E-state index contributed by atoms with van der Waals surface area (Å²) in [4.78, 5) is 22.8. The van der Waals surface area contributed by atoms with Crippen LogP contribution in [0.1, 0.15) is 27.2 Å². The molecular weight excluding hydrogens is 208 g/mol. The lowest BCUT2D eigenvalue weighted by Gasteiger charge is -2.26. The number of nitrogens with zero attached hydrogens (tertiary/aromatic N) is 1. The average molecular weight is 222 g/mol. The van der Waals surface area contributed by atoms with Crippen molar-refractivity contribution >= 4 is 11.7 Å². The van der Waals surface area contributed by atoms with E-state index in [0.717, 1.165) is 0 Å². The highest BCUT2D eigenvalue weighted by Gasteiger charge is 2.41. The lowest BCUT2D eigenvalue weighted by Crippen LogP contribution is -2.44. The van der Waals surface area contributed by atoms with Gasteiger partial charge >= 0.3 is 0 Å². The molecule has 1 heterocycles. The Morgan fingerprint density at radius 3 is 2.69 bits per heavy atom. The summed E-state index contributed by atoms with van der Waals surface area (Å²) >= 11 is 0. The summed E-state index contributed by atoms with van der Waals surface area (Å²) < 4.78 is 5.43. The lowest BCUT2D eigenvalue weighted by atomic mass is 10.0. The zero-order valence-corrected chi connectivity index (χ0v) is 9.59. The van der Waals surface area contributed by atoms with Crippen LogP contribution in [0.15, 0.2) is 11.1 Å². The summed E-state index contributed by atoms with van der Waals surface area (Å²) in [5, 5.41) is 11.0. The van der Waals surface area contributed by atoms with E-state index in [4.69, 9.17) is 10.00 Å². The van der Waals surface area contributed by atoms with Gasteiger partial charge < -0.3 is 10.1 Å². The number of rotatable bonds is 4. The molecule has 1 rings (SSSR count). The third kappa shape index (κ3) is 2.12. The Balaban J connectivity index is 2.89. The van der Waals surface area contributed by atoms with Gasteiger partial charge in [0.05, 0.1) is 24.7 Å². The van der Waals surface area contributed by atoms with Crippen molar-refractivity contribution in [2.45, 2.75) is 32.9 Å². The van der Waals surface area contributed by atoms with E-state index in [0.29, 0.717) is 5.57 Å². The van der Waals surface area contributed by atoms with E-state index < -0.39 is 11.6 Å². The molecule has 1 atom stereocenters. The van der Waals surface area contributed by atoms with Gasteiger partial charge in [-0.05, 0) is 26.3 Å². The first-order valence-corrected chi connectivity index (χ1v) is 4.98. The van der Waals surface area contributed by atoms with Crippen LogP contribution in [0.25, 0.3) is 0 Å². The van der Waals surface area contributed by atoms with E-state index in [1.54, 1.807) is 13.8 Å². The second-order valence-electron chi connectivity index (χ2n) is 3.80. The molecule has 16 heavy (non-hydrogen) atoms. The lowest BCUT2D eigenvalue weighted by molar-refractivity contribution is -0.124. The van der Waals surface area contributed by atoms with Crippen molar-refractivity contribution in [2.24, 2.45) is 0 Å². The molecule has 86 valence electrons. The molecule has 0 fully saturated rings. The molecule has 1 unspecified atom stereocenters. The fourth-order valence-corrected chi connectivity index (χ4v) is 1.65. The van der Waals surface area contributed by atoms with Gasteiger partial charge in [-0.15, -0.1) is 0 Å². The summed E-state index contributed by atoms with van der Waals surface area (Å²) in [7, 11) is 0. The first-order valence-electron chi connectivity index (χ1n) is 4.98. The Morgan fingerprint density at radius 1 is 1.62 bits per heavy atom. The largest absolute Gasteiger partial charge is 0.351 e. The average Bonchev–Trinajstić information content (AvgIpc) is 2.38. The monoisotopic (exact) mass is 222 g/mol. The summed E-state index contributed by atoms with van der Waals surface area (Å²) in [5.74, 6) is -0.688. The molecule has 0 saturated carbocycles. The zero-order valence-electron chi connectivity index (χ0n) is 9.59. The highest BCUT2D eigenvalue weighted by molar-refractivity contribution is 6.21. The van der Waals surface area contributed by atoms with E-state index in [1.165, 1.54) is 6.92 Å². The zero-order chi connectivity index (χ0) is 12.3. The minimum atomic E-state index is -0.963. The first-order chi connectivity index (χ1) is 7.42. The predicted octanol–water partition coefficient (Wildman–Crippen LogP) is 0.668. The number of amides is 1. The normalized spacial score (nSPS) is 24.2. The Hall–Kier alpha value is -1.67. The first kappa shape index (κ1) is 12.4. The fraction of sp³-hybridized carbons (Fsp3) is 0.545. The SMILES string of the molecule is CC(=O)C1=C(C)C(C)(OCCC#N)NC1=O.